The van der Waals surface area contributed by atoms with Gasteiger partial charge in [0.05, 0.1) is 10.9 Å². The number of rotatable bonds is 5. The number of anilines is 1. The molecule has 29 heavy (non-hydrogen) atoms. The molecule has 1 saturated carbocycles. The number of aromatic nitrogens is 1. The summed E-state index contributed by atoms with van der Waals surface area (Å²) in [6, 6.07) is 8.25. The second-order valence-corrected chi connectivity index (χ2v) is 7.08. The minimum absolute atomic E-state index is 0. The zero-order chi connectivity index (χ0) is 20.0. The van der Waals surface area contributed by atoms with Gasteiger partial charge in [-0.25, -0.2) is 13.6 Å². The van der Waals surface area contributed by atoms with E-state index < -0.39 is 28.6 Å². The fraction of sp³-hybridized carbons (Fsp3) is 0.238. The van der Waals surface area contributed by atoms with E-state index in [2.05, 4.69) is 5.32 Å². The van der Waals surface area contributed by atoms with Crippen molar-refractivity contribution in [1.29, 1.82) is 0 Å². The maximum atomic E-state index is 15.3. The van der Waals surface area contributed by atoms with Gasteiger partial charge in [-0.15, -0.1) is 12.4 Å². The maximum absolute atomic E-state index is 15.3. The average Bonchev–Trinajstić information content (AvgIpc) is 3.48. The van der Waals surface area contributed by atoms with Crippen LogP contribution in [-0.2, 0) is 6.54 Å². The first-order valence-corrected chi connectivity index (χ1v) is 8.96. The standard InChI is InChI=1S/C21H18F2N2O3.ClH/c1-11-2-4-12(5-3-11)24-9-15-17(22)8-14-19(18(15)23)25(13-6-7-13)10-16(20(14)26)21(27)28;/h2-5,8,10,13,24H,6-7,9H2,1H3,(H,27,28);1H. The molecule has 3 aromatic rings. The third-order valence-corrected chi connectivity index (χ3v) is 4.99. The van der Waals surface area contributed by atoms with Crippen LogP contribution in [0.25, 0.3) is 10.9 Å². The van der Waals surface area contributed by atoms with Gasteiger partial charge in [0, 0.05) is 30.0 Å². The number of nitrogens with zero attached hydrogens (tertiary/aromatic N) is 1. The van der Waals surface area contributed by atoms with Crippen molar-refractivity contribution in [1.82, 2.24) is 4.57 Å². The Balaban J connectivity index is 0.00000240. The molecule has 0 atom stereocenters. The predicted molar refractivity (Wildman–Crippen MR) is 109 cm³/mol. The smallest absolute Gasteiger partial charge is 0.341 e. The summed E-state index contributed by atoms with van der Waals surface area (Å²) in [5.74, 6) is -3.13. The van der Waals surface area contributed by atoms with Crippen LogP contribution in [-0.4, -0.2) is 15.6 Å². The maximum Gasteiger partial charge on any atom is 0.341 e. The van der Waals surface area contributed by atoms with E-state index in [1.165, 1.54) is 10.8 Å². The van der Waals surface area contributed by atoms with Gasteiger partial charge in [-0.2, -0.15) is 0 Å². The zero-order valence-corrected chi connectivity index (χ0v) is 16.4. The number of halogens is 3. The lowest BCUT2D eigenvalue weighted by molar-refractivity contribution is 0.0695. The number of aryl methyl sites for hydroxylation is 1. The van der Waals surface area contributed by atoms with Crippen molar-refractivity contribution in [3.8, 4) is 0 Å². The van der Waals surface area contributed by atoms with E-state index in [0.29, 0.717) is 5.69 Å². The predicted octanol–water partition coefficient (Wildman–Crippen LogP) is 4.66. The van der Waals surface area contributed by atoms with Crippen molar-refractivity contribution in [2.45, 2.75) is 32.4 Å². The Hall–Kier alpha value is -2.93. The van der Waals surface area contributed by atoms with Gasteiger partial charge in [-0.1, -0.05) is 17.7 Å². The number of hydrogen-bond acceptors (Lipinski definition) is 3. The van der Waals surface area contributed by atoms with Crippen LogP contribution in [0.1, 0.15) is 40.4 Å². The van der Waals surface area contributed by atoms with E-state index in [1.807, 2.05) is 31.2 Å². The summed E-state index contributed by atoms with van der Waals surface area (Å²) in [5, 5.41) is 12.0. The SMILES string of the molecule is Cc1ccc(NCc2c(F)cc3c(=O)c(C(=O)O)cn(C4CC4)c3c2F)cc1.Cl. The largest absolute Gasteiger partial charge is 0.477 e. The molecule has 0 aliphatic heterocycles. The molecule has 0 saturated heterocycles. The third-order valence-electron chi connectivity index (χ3n) is 4.99. The van der Waals surface area contributed by atoms with Gasteiger partial charge in [-0.3, -0.25) is 4.79 Å². The zero-order valence-electron chi connectivity index (χ0n) is 15.5. The molecule has 1 aliphatic carbocycles. The fourth-order valence-electron chi connectivity index (χ4n) is 3.30. The Morgan fingerprint density at radius 3 is 2.48 bits per heavy atom. The Labute approximate surface area is 171 Å². The van der Waals surface area contributed by atoms with Crippen LogP contribution in [0, 0.1) is 18.6 Å². The van der Waals surface area contributed by atoms with Crippen molar-refractivity contribution in [2.75, 3.05) is 5.32 Å². The number of aromatic carboxylic acids is 1. The van der Waals surface area contributed by atoms with Gasteiger partial charge < -0.3 is 15.0 Å². The lowest BCUT2D eigenvalue weighted by atomic mass is 10.1. The quantitative estimate of drug-likeness (QED) is 0.630. The Bertz CT molecular complexity index is 1160. The first-order chi connectivity index (χ1) is 13.4. The molecule has 1 aliphatic rings. The minimum atomic E-state index is -1.41. The molecule has 0 bridgehead atoms. The lowest BCUT2D eigenvalue weighted by Gasteiger charge is -2.16. The highest BCUT2D eigenvalue weighted by atomic mass is 35.5. The average molecular weight is 421 g/mol. The van der Waals surface area contributed by atoms with E-state index in [9.17, 15) is 19.1 Å². The van der Waals surface area contributed by atoms with Crippen LogP contribution < -0.4 is 10.7 Å². The summed E-state index contributed by atoms with van der Waals surface area (Å²) in [7, 11) is 0. The molecule has 152 valence electrons. The number of fused-ring (bicyclic) bond motifs is 1. The van der Waals surface area contributed by atoms with E-state index in [-0.39, 0.29) is 41.5 Å². The van der Waals surface area contributed by atoms with Crippen molar-refractivity contribution < 1.29 is 18.7 Å². The molecule has 1 fully saturated rings. The molecule has 5 nitrogen and oxygen atoms in total. The van der Waals surface area contributed by atoms with Gasteiger partial charge in [-0.05, 0) is 38.0 Å². The van der Waals surface area contributed by atoms with Crippen molar-refractivity contribution in [2.24, 2.45) is 0 Å². The molecule has 0 amide bonds. The van der Waals surface area contributed by atoms with Crippen LogP contribution in [0.15, 0.2) is 41.3 Å². The Kier molecular flexibility index (Phi) is 5.61. The van der Waals surface area contributed by atoms with Crippen LogP contribution in [0.3, 0.4) is 0 Å². The molecule has 8 heteroatoms. The number of benzene rings is 2. The summed E-state index contributed by atoms with van der Waals surface area (Å²) in [5.41, 5.74) is 0.185. The third kappa shape index (κ3) is 3.82. The monoisotopic (exact) mass is 420 g/mol. The number of hydrogen-bond donors (Lipinski definition) is 2. The molecule has 0 unspecified atom stereocenters. The van der Waals surface area contributed by atoms with Crippen LogP contribution in [0.4, 0.5) is 14.5 Å². The van der Waals surface area contributed by atoms with E-state index in [0.717, 1.165) is 24.5 Å². The van der Waals surface area contributed by atoms with Gasteiger partial charge in [0.25, 0.3) is 0 Å². The Morgan fingerprint density at radius 1 is 1.24 bits per heavy atom. The van der Waals surface area contributed by atoms with Gasteiger partial charge in [0.15, 0.2) is 5.82 Å². The van der Waals surface area contributed by atoms with E-state index in [4.69, 9.17) is 0 Å². The number of carboxylic acid groups (broad SMARTS) is 1. The lowest BCUT2D eigenvalue weighted by Crippen LogP contribution is -2.20. The molecule has 1 aromatic heterocycles. The molecular weight excluding hydrogens is 402 g/mol. The summed E-state index contributed by atoms with van der Waals surface area (Å²) < 4.78 is 31.4. The van der Waals surface area contributed by atoms with E-state index >= 15 is 4.39 Å². The van der Waals surface area contributed by atoms with Crippen LogP contribution >= 0.6 is 12.4 Å². The molecule has 0 radical (unpaired) electrons. The second kappa shape index (κ2) is 7.83. The van der Waals surface area contributed by atoms with Crippen LogP contribution in [0.5, 0.6) is 0 Å². The summed E-state index contributed by atoms with van der Waals surface area (Å²) >= 11 is 0. The Morgan fingerprint density at radius 2 is 1.90 bits per heavy atom. The number of carboxylic acids is 1. The topological polar surface area (TPSA) is 71.3 Å². The molecule has 2 N–H and O–H groups in total. The number of pyridine rings is 1. The summed E-state index contributed by atoms with van der Waals surface area (Å²) in [6.07, 6.45) is 2.68. The molecule has 0 spiro atoms. The second-order valence-electron chi connectivity index (χ2n) is 7.08. The fourth-order valence-corrected chi connectivity index (χ4v) is 3.30. The van der Waals surface area contributed by atoms with Gasteiger partial charge >= 0.3 is 5.97 Å². The first kappa shape index (κ1) is 20.8. The van der Waals surface area contributed by atoms with E-state index in [1.54, 1.807) is 0 Å². The molecular formula is C21H19ClF2N2O3. The first-order valence-electron chi connectivity index (χ1n) is 8.96. The normalized spacial score (nSPS) is 13.2. The molecule has 1 heterocycles. The van der Waals surface area contributed by atoms with Crippen molar-refractivity contribution in [3.63, 3.8) is 0 Å². The van der Waals surface area contributed by atoms with Gasteiger partial charge in [0.1, 0.15) is 11.4 Å². The highest BCUT2D eigenvalue weighted by molar-refractivity contribution is 5.93. The number of nitrogens with one attached hydrogen (secondary N) is 1. The van der Waals surface area contributed by atoms with Crippen molar-refractivity contribution >= 4 is 35.0 Å². The highest BCUT2D eigenvalue weighted by Crippen LogP contribution is 2.38. The summed E-state index contributed by atoms with van der Waals surface area (Å²) in [4.78, 5) is 23.8. The van der Waals surface area contributed by atoms with Crippen molar-refractivity contribution in [3.05, 3.63) is 75.1 Å². The summed E-state index contributed by atoms with van der Waals surface area (Å²) in [6.45, 7) is 1.84. The highest BCUT2D eigenvalue weighted by Gasteiger charge is 2.29. The molecule has 2 aromatic carbocycles. The van der Waals surface area contributed by atoms with Gasteiger partial charge in [0.2, 0.25) is 5.43 Å². The van der Waals surface area contributed by atoms with Crippen LogP contribution in [0.2, 0.25) is 0 Å². The minimum Gasteiger partial charge on any atom is -0.477 e. The molecule has 4 rings (SSSR count). The number of carbonyl (C=O) groups is 1.